The molecule has 0 bridgehead atoms. The number of aromatic nitrogens is 1. The lowest BCUT2D eigenvalue weighted by molar-refractivity contribution is 0.191. The van der Waals surface area contributed by atoms with Crippen LogP contribution in [0.2, 0.25) is 0 Å². The zero-order valence-corrected chi connectivity index (χ0v) is 15.5. The fourth-order valence-electron chi connectivity index (χ4n) is 3.37. The van der Waals surface area contributed by atoms with Crippen LogP contribution in [0.5, 0.6) is 0 Å². The molecule has 3 rings (SSSR count). The van der Waals surface area contributed by atoms with E-state index in [-0.39, 0.29) is 0 Å². The Kier molecular flexibility index (Phi) is 6.31. The first-order valence-corrected chi connectivity index (χ1v) is 10.0. The lowest BCUT2D eigenvalue weighted by atomic mass is 9.99. The molecular weight excluding hydrogens is 320 g/mol. The fourth-order valence-corrected chi connectivity index (χ4v) is 4.07. The summed E-state index contributed by atoms with van der Waals surface area (Å²) in [7, 11) is 0. The van der Waals surface area contributed by atoms with Gasteiger partial charge in [0.05, 0.1) is 0 Å². The van der Waals surface area contributed by atoms with Crippen molar-refractivity contribution in [3.8, 4) is 0 Å². The van der Waals surface area contributed by atoms with Gasteiger partial charge >= 0.3 is 0 Å². The molecule has 6 nitrogen and oxygen atoms in total. The van der Waals surface area contributed by atoms with E-state index in [1.807, 2.05) is 11.6 Å². The van der Waals surface area contributed by atoms with E-state index in [1.54, 1.807) is 11.3 Å². The van der Waals surface area contributed by atoms with Crippen LogP contribution in [0.4, 0.5) is 5.13 Å². The van der Waals surface area contributed by atoms with Gasteiger partial charge < -0.3 is 20.4 Å². The van der Waals surface area contributed by atoms with Crippen molar-refractivity contribution in [2.75, 3.05) is 57.3 Å². The van der Waals surface area contributed by atoms with Gasteiger partial charge in [-0.1, -0.05) is 6.92 Å². The molecule has 2 fully saturated rings. The van der Waals surface area contributed by atoms with Gasteiger partial charge in [0.15, 0.2) is 11.1 Å². The number of guanidine groups is 1. The standard InChI is InChI=1S/C17H30N6S/c1-15-3-8-21(9-4-15)7-2-5-19-16(18)22-10-12-23(13-11-22)17-20-6-14-24-17/h6,14-15H,2-5,7-13H2,1H3,(H2,18,19). The van der Waals surface area contributed by atoms with Crippen molar-refractivity contribution in [3.63, 3.8) is 0 Å². The highest BCUT2D eigenvalue weighted by Crippen LogP contribution is 2.19. The summed E-state index contributed by atoms with van der Waals surface area (Å²) in [5.74, 6) is 1.61. The predicted octanol–water partition coefficient (Wildman–Crippen LogP) is 1.70. The zero-order valence-electron chi connectivity index (χ0n) is 14.7. The van der Waals surface area contributed by atoms with E-state index >= 15 is 0 Å². The minimum Gasteiger partial charge on any atom is -0.370 e. The van der Waals surface area contributed by atoms with Crippen LogP contribution < -0.4 is 10.6 Å². The van der Waals surface area contributed by atoms with Crippen molar-refractivity contribution in [1.82, 2.24) is 14.8 Å². The van der Waals surface area contributed by atoms with Gasteiger partial charge in [-0.3, -0.25) is 4.99 Å². The van der Waals surface area contributed by atoms with Crippen molar-refractivity contribution in [1.29, 1.82) is 0 Å². The monoisotopic (exact) mass is 350 g/mol. The first-order valence-electron chi connectivity index (χ1n) is 9.14. The minimum atomic E-state index is 0.709. The van der Waals surface area contributed by atoms with Crippen LogP contribution in [0.1, 0.15) is 26.2 Å². The molecular formula is C17H30N6S. The summed E-state index contributed by atoms with van der Waals surface area (Å²) in [4.78, 5) is 16.1. The minimum absolute atomic E-state index is 0.709. The predicted molar refractivity (Wildman–Crippen MR) is 102 cm³/mol. The lowest BCUT2D eigenvalue weighted by Crippen LogP contribution is -2.51. The number of thiazole rings is 1. The highest BCUT2D eigenvalue weighted by molar-refractivity contribution is 7.13. The number of likely N-dealkylation sites (tertiary alicyclic amines) is 1. The number of nitrogens with two attached hydrogens (primary N) is 1. The first-order chi connectivity index (χ1) is 11.7. The van der Waals surface area contributed by atoms with Crippen molar-refractivity contribution in [3.05, 3.63) is 11.6 Å². The molecule has 3 heterocycles. The molecule has 0 unspecified atom stereocenters. The van der Waals surface area contributed by atoms with E-state index in [1.165, 1.54) is 25.9 Å². The summed E-state index contributed by atoms with van der Waals surface area (Å²) in [6.07, 6.45) is 5.66. The molecule has 0 spiro atoms. The molecule has 2 aliphatic rings. The number of aliphatic imine (C=N–C) groups is 1. The molecule has 0 atom stereocenters. The van der Waals surface area contributed by atoms with Gasteiger partial charge in [-0.2, -0.15) is 0 Å². The maximum Gasteiger partial charge on any atom is 0.191 e. The molecule has 2 aliphatic heterocycles. The highest BCUT2D eigenvalue weighted by atomic mass is 32.1. The highest BCUT2D eigenvalue weighted by Gasteiger charge is 2.20. The first kappa shape index (κ1) is 17.5. The summed E-state index contributed by atoms with van der Waals surface area (Å²) < 4.78 is 0. The Hall–Kier alpha value is -1.34. The molecule has 1 aromatic heterocycles. The SMILES string of the molecule is CC1CCN(CCCN=C(N)N2CCN(c3nccs3)CC2)CC1. The van der Waals surface area contributed by atoms with Crippen LogP contribution in [0.3, 0.4) is 0 Å². The lowest BCUT2D eigenvalue weighted by Gasteiger charge is -2.35. The molecule has 0 amide bonds. The molecule has 2 N–H and O–H groups in total. The van der Waals surface area contributed by atoms with E-state index in [9.17, 15) is 0 Å². The number of piperazine rings is 1. The normalized spacial score (nSPS) is 21.5. The number of anilines is 1. The molecule has 0 radical (unpaired) electrons. The van der Waals surface area contributed by atoms with E-state index in [4.69, 9.17) is 5.73 Å². The smallest absolute Gasteiger partial charge is 0.191 e. The second-order valence-corrected chi connectivity index (χ2v) is 7.78. The molecule has 0 saturated carbocycles. The molecule has 134 valence electrons. The van der Waals surface area contributed by atoms with Crippen molar-refractivity contribution >= 4 is 22.4 Å². The maximum atomic E-state index is 6.18. The molecule has 24 heavy (non-hydrogen) atoms. The fraction of sp³-hybridized carbons (Fsp3) is 0.765. The number of piperidine rings is 1. The number of hydrogen-bond acceptors (Lipinski definition) is 5. The Morgan fingerprint density at radius 1 is 1.25 bits per heavy atom. The van der Waals surface area contributed by atoms with Crippen molar-refractivity contribution in [2.45, 2.75) is 26.2 Å². The van der Waals surface area contributed by atoms with Gasteiger partial charge in [0, 0.05) is 44.3 Å². The molecule has 7 heteroatoms. The Morgan fingerprint density at radius 2 is 2.00 bits per heavy atom. The Bertz CT molecular complexity index is 501. The second-order valence-electron chi connectivity index (χ2n) is 6.91. The van der Waals surface area contributed by atoms with Gasteiger partial charge in [0.25, 0.3) is 0 Å². The van der Waals surface area contributed by atoms with Crippen LogP contribution in [0.15, 0.2) is 16.6 Å². The quantitative estimate of drug-likeness (QED) is 0.498. The van der Waals surface area contributed by atoms with Gasteiger partial charge in [-0.05, 0) is 44.8 Å². The Balaban J connectivity index is 1.34. The van der Waals surface area contributed by atoms with Crippen molar-refractivity contribution in [2.24, 2.45) is 16.6 Å². The molecule has 0 aliphatic carbocycles. The third kappa shape index (κ3) is 4.83. The Morgan fingerprint density at radius 3 is 2.67 bits per heavy atom. The van der Waals surface area contributed by atoms with Crippen LogP contribution in [0, 0.1) is 5.92 Å². The van der Waals surface area contributed by atoms with Crippen LogP contribution in [-0.2, 0) is 0 Å². The van der Waals surface area contributed by atoms with Crippen LogP contribution in [-0.4, -0.2) is 73.1 Å². The average Bonchev–Trinajstić information content (AvgIpc) is 3.15. The second kappa shape index (κ2) is 8.67. The van der Waals surface area contributed by atoms with Gasteiger partial charge in [0.2, 0.25) is 0 Å². The molecule has 0 aromatic carbocycles. The third-order valence-electron chi connectivity index (χ3n) is 5.08. The van der Waals surface area contributed by atoms with Crippen LogP contribution >= 0.6 is 11.3 Å². The third-order valence-corrected chi connectivity index (χ3v) is 5.91. The van der Waals surface area contributed by atoms with Crippen molar-refractivity contribution < 1.29 is 0 Å². The summed E-state index contributed by atoms with van der Waals surface area (Å²) in [5.41, 5.74) is 6.18. The molecule has 2 saturated heterocycles. The summed E-state index contributed by atoms with van der Waals surface area (Å²) in [6, 6.07) is 0. The largest absolute Gasteiger partial charge is 0.370 e. The number of hydrogen-bond donors (Lipinski definition) is 1. The zero-order chi connectivity index (χ0) is 16.8. The maximum absolute atomic E-state index is 6.18. The van der Waals surface area contributed by atoms with Crippen LogP contribution in [0.25, 0.3) is 0 Å². The summed E-state index contributed by atoms with van der Waals surface area (Å²) in [6.45, 7) is 10.6. The van der Waals surface area contributed by atoms with E-state index < -0.39 is 0 Å². The summed E-state index contributed by atoms with van der Waals surface area (Å²) >= 11 is 1.70. The summed E-state index contributed by atoms with van der Waals surface area (Å²) in [5, 5.41) is 3.14. The number of nitrogens with zero attached hydrogens (tertiary/aromatic N) is 5. The topological polar surface area (TPSA) is 61.0 Å². The van der Waals surface area contributed by atoms with Gasteiger partial charge in [-0.15, -0.1) is 11.3 Å². The average molecular weight is 351 g/mol. The number of rotatable bonds is 5. The van der Waals surface area contributed by atoms with E-state index in [2.05, 4.69) is 31.6 Å². The van der Waals surface area contributed by atoms with E-state index in [0.717, 1.165) is 56.7 Å². The molecule has 1 aromatic rings. The van der Waals surface area contributed by atoms with Gasteiger partial charge in [0.1, 0.15) is 0 Å². The van der Waals surface area contributed by atoms with E-state index in [0.29, 0.717) is 5.96 Å². The van der Waals surface area contributed by atoms with Gasteiger partial charge in [-0.25, -0.2) is 4.98 Å². The Labute approximate surface area is 149 Å².